The zero-order valence-electron chi connectivity index (χ0n) is 8.55. The lowest BCUT2D eigenvalue weighted by Crippen LogP contribution is -2.36. The van der Waals surface area contributed by atoms with Gasteiger partial charge in [0, 0.05) is 19.3 Å². The first-order chi connectivity index (χ1) is 7.59. The molecule has 16 heavy (non-hydrogen) atoms. The molecule has 0 unspecified atom stereocenters. The molecule has 2 rings (SSSR count). The van der Waals surface area contributed by atoms with Gasteiger partial charge in [-0.15, -0.1) is 0 Å². The number of aromatic nitrogens is 2. The molecule has 4 nitrogen and oxygen atoms in total. The van der Waals surface area contributed by atoms with Crippen molar-refractivity contribution in [2.45, 2.75) is 0 Å². The lowest BCUT2D eigenvalue weighted by molar-refractivity contribution is 0.626. The van der Waals surface area contributed by atoms with Crippen molar-refractivity contribution in [3.05, 3.63) is 63.2 Å². The van der Waals surface area contributed by atoms with Gasteiger partial charge in [-0.25, -0.2) is 13.8 Å². The number of hydrogen-bond acceptors (Lipinski definition) is 2. The smallest absolute Gasteiger partial charge is 0.303 e. The normalized spacial score (nSPS) is 10.4. The molecule has 0 aliphatic carbocycles. The van der Waals surface area contributed by atoms with E-state index in [2.05, 4.69) is 0 Å². The Morgan fingerprint density at radius 3 is 2.31 bits per heavy atom. The molecule has 0 spiro atoms. The van der Waals surface area contributed by atoms with E-state index in [1.165, 1.54) is 41.1 Å². The fraction of sp³-hybridized carbons (Fsp3) is 0.0909. The van der Waals surface area contributed by atoms with Crippen LogP contribution >= 0.6 is 0 Å². The molecule has 0 amide bonds. The highest BCUT2D eigenvalue weighted by Gasteiger charge is 2.05. The van der Waals surface area contributed by atoms with Gasteiger partial charge in [0.1, 0.15) is 5.82 Å². The highest BCUT2D eigenvalue weighted by molar-refractivity contribution is 5.31. The average Bonchev–Trinajstić information content (AvgIpc) is 2.27. The maximum atomic E-state index is 12.7. The molecule has 1 heterocycles. The van der Waals surface area contributed by atoms with E-state index in [1.54, 1.807) is 7.05 Å². The zero-order valence-corrected chi connectivity index (χ0v) is 8.55. The molecule has 0 N–H and O–H groups in total. The Bertz CT molecular complexity index is 626. The van der Waals surface area contributed by atoms with Gasteiger partial charge in [-0.2, -0.15) is 0 Å². The van der Waals surface area contributed by atoms with E-state index in [9.17, 15) is 14.0 Å². The van der Waals surface area contributed by atoms with E-state index in [-0.39, 0.29) is 0 Å². The van der Waals surface area contributed by atoms with Crippen molar-refractivity contribution in [1.29, 1.82) is 0 Å². The van der Waals surface area contributed by atoms with Gasteiger partial charge < -0.3 is 4.57 Å². The predicted octanol–water partition coefficient (Wildman–Crippen LogP) is 0.675. The molecule has 1 aromatic carbocycles. The van der Waals surface area contributed by atoms with Gasteiger partial charge in [-0.1, -0.05) is 0 Å². The van der Waals surface area contributed by atoms with Crippen LogP contribution < -0.4 is 11.2 Å². The number of benzene rings is 1. The summed E-state index contributed by atoms with van der Waals surface area (Å²) in [4.78, 5) is 23.2. The number of halogens is 1. The monoisotopic (exact) mass is 220 g/mol. The second-order valence-electron chi connectivity index (χ2n) is 3.36. The van der Waals surface area contributed by atoms with Crippen molar-refractivity contribution >= 4 is 0 Å². The second-order valence-corrected chi connectivity index (χ2v) is 3.36. The highest BCUT2D eigenvalue weighted by Crippen LogP contribution is 2.04. The molecule has 0 saturated heterocycles. The Hall–Kier alpha value is -2.17. The van der Waals surface area contributed by atoms with Gasteiger partial charge in [-0.05, 0) is 24.3 Å². The third-order valence-corrected chi connectivity index (χ3v) is 2.24. The Morgan fingerprint density at radius 2 is 1.69 bits per heavy atom. The van der Waals surface area contributed by atoms with Crippen molar-refractivity contribution in [3.8, 4) is 5.69 Å². The average molecular weight is 220 g/mol. The summed E-state index contributed by atoms with van der Waals surface area (Å²) in [5, 5.41) is 0. The van der Waals surface area contributed by atoms with Crippen LogP contribution in [0.25, 0.3) is 5.69 Å². The van der Waals surface area contributed by atoms with E-state index < -0.39 is 17.1 Å². The highest BCUT2D eigenvalue weighted by atomic mass is 19.1. The summed E-state index contributed by atoms with van der Waals surface area (Å²) in [6.07, 6.45) is 1.39. The first-order valence-electron chi connectivity index (χ1n) is 4.64. The molecule has 0 aliphatic rings. The van der Waals surface area contributed by atoms with Crippen molar-refractivity contribution in [1.82, 2.24) is 9.13 Å². The first kappa shape index (κ1) is 10.4. The summed E-state index contributed by atoms with van der Waals surface area (Å²) in [6.45, 7) is 0. The Morgan fingerprint density at radius 1 is 1.06 bits per heavy atom. The van der Waals surface area contributed by atoms with Crippen LogP contribution in [0.3, 0.4) is 0 Å². The van der Waals surface area contributed by atoms with Crippen LogP contribution in [0.1, 0.15) is 0 Å². The minimum Gasteiger partial charge on any atom is -0.303 e. The van der Waals surface area contributed by atoms with Gasteiger partial charge in [0.25, 0.3) is 5.56 Å². The summed E-state index contributed by atoms with van der Waals surface area (Å²) in [5.41, 5.74) is -0.540. The van der Waals surface area contributed by atoms with Crippen LogP contribution in [0, 0.1) is 5.82 Å². The lowest BCUT2D eigenvalue weighted by Gasteiger charge is -2.05. The Kier molecular flexibility index (Phi) is 2.44. The van der Waals surface area contributed by atoms with Gasteiger partial charge in [0.05, 0.1) is 5.69 Å². The molecule has 0 saturated carbocycles. The minimum atomic E-state index is -0.459. The van der Waals surface area contributed by atoms with Gasteiger partial charge in [0.2, 0.25) is 0 Å². The quantitative estimate of drug-likeness (QED) is 0.709. The molecule has 2 aromatic rings. The minimum absolute atomic E-state index is 0.354. The third-order valence-electron chi connectivity index (χ3n) is 2.24. The number of aryl methyl sites for hydroxylation is 1. The molecule has 0 radical (unpaired) electrons. The zero-order chi connectivity index (χ0) is 11.7. The topological polar surface area (TPSA) is 44.0 Å². The first-order valence-corrected chi connectivity index (χ1v) is 4.64. The molecule has 82 valence electrons. The fourth-order valence-corrected chi connectivity index (χ4v) is 1.39. The number of nitrogens with zero attached hydrogens (tertiary/aromatic N) is 2. The van der Waals surface area contributed by atoms with E-state index >= 15 is 0 Å². The molecule has 1 aromatic heterocycles. The summed E-state index contributed by atoms with van der Waals surface area (Å²) in [6, 6.07) is 6.46. The van der Waals surface area contributed by atoms with Gasteiger partial charge >= 0.3 is 5.69 Å². The van der Waals surface area contributed by atoms with E-state index in [4.69, 9.17) is 0 Å². The van der Waals surface area contributed by atoms with Gasteiger partial charge in [0.15, 0.2) is 0 Å². The maximum absolute atomic E-state index is 12.7. The number of rotatable bonds is 1. The Labute approximate surface area is 90.2 Å². The standard InChI is InChI=1S/C11H9FN2O2/c1-13-7-6-10(15)14(11(13)16)9-4-2-8(12)3-5-9/h2-7H,1H3. The van der Waals surface area contributed by atoms with Gasteiger partial charge in [-0.3, -0.25) is 4.79 Å². The van der Waals surface area contributed by atoms with Crippen LogP contribution in [0.4, 0.5) is 4.39 Å². The molecular weight excluding hydrogens is 211 g/mol. The summed E-state index contributed by atoms with van der Waals surface area (Å²) in [5.74, 6) is -0.412. The predicted molar refractivity (Wildman–Crippen MR) is 57.2 cm³/mol. The van der Waals surface area contributed by atoms with Crippen LogP contribution in [0.2, 0.25) is 0 Å². The van der Waals surface area contributed by atoms with Crippen LogP contribution in [0.15, 0.2) is 46.1 Å². The molecule has 0 atom stereocenters. The third kappa shape index (κ3) is 1.67. The van der Waals surface area contributed by atoms with Crippen molar-refractivity contribution in [2.24, 2.45) is 7.05 Å². The van der Waals surface area contributed by atoms with Crippen LogP contribution in [-0.4, -0.2) is 9.13 Å². The second kappa shape index (κ2) is 3.77. The molecular formula is C11H9FN2O2. The summed E-state index contributed by atoms with van der Waals surface area (Å²) < 4.78 is 15.0. The van der Waals surface area contributed by atoms with E-state index in [0.717, 1.165) is 4.57 Å². The maximum Gasteiger partial charge on any atom is 0.335 e. The van der Waals surface area contributed by atoms with Crippen LogP contribution in [0.5, 0.6) is 0 Å². The van der Waals surface area contributed by atoms with Crippen LogP contribution in [-0.2, 0) is 7.05 Å². The van der Waals surface area contributed by atoms with E-state index in [0.29, 0.717) is 5.69 Å². The largest absolute Gasteiger partial charge is 0.335 e. The van der Waals surface area contributed by atoms with Crippen molar-refractivity contribution in [3.63, 3.8) is 0 Å². The molecule has 0 bridgehead atoms. The van der Waals surface area contributed by atoms with Crippen molar-refractivity contribution < 1.29 is 4.39 Å². The summed E-state index contributed by atoms with van der Waals surface area (Å²) >= 11 is 0. The van der Waals surface area contributed by atoms with Crippen molar-refractivity contribution in [2.75, 3.05) is 0 Å². The summed E-state index contributed by atoms with van der Waals surface area (Å²) in [7, 11) is 1.54. The Balaban J connectivity index is 2.74. The number of hydrogen-bond donors (Lipinski definition) is 0. The lowest BCUT2D eigenvalue weighted by atomic mass is 10.3. The van der Waals surface area contributed by atoms with E-state index in [1.807, 2.05) is 0 Å². The molecule has 0 aliphatic heterocycles. The molecule has 5 heteroatoms. The molecule has 0 fully saturated rings. The fourth-order valence-electron chi connectivity index (χ4n) is 1.39. The SMILES string of the molecule is Cn1ccc(=O)n(-c2ccc(F)cc2)c1=O.